The van der Waals surface area contributed by atoms with Gasteiger partial charge < -0.3 is 10.8 Å². The topological polar surface area (TPSA) is 46.2 Å². The summed E-state index contributed by atoms with van der Waals surface area (Å²) in [5.74, 6) is 0.824. The Morgan fingerprint density at radius 2 is 1.79 bits per heavy atom. The number of benzene rings is 2. The van der Waals surface area contributed by atoms with Crippen molar-refractivity contribution in [3.8, 4) is 0 Å². The molecule has 0 aromatic heterocycles. The Hall–Kier alpha value is -1.03. The minimum absolute atomic E-state index is 0.0100. The molecule has 3 heteroatoms. The predicted molar refractivity (Wildman–Crippen MR) is 84.5 cm³/mol. The van der Waals surface area contributed by atoms with E-state index in [4.69, 9.17) is 5.73 Å². The molecule has 2 aromatic carbocycles. The van der Waals surface area contributed by atoms with Gasteiger partial charge in [0.05, 0.1) is 6.10 Å². The number of nitrogens with two attached hydrogens (primary N) is 1. The Morgan fingerprint density at radius 1 is 1.11 bits per heavy atom. The monoisotopic (exact) mass is 275 g/mol. The molecule has 19 heavy (non-hydrogen) atoms. The van der Waals surface area contributed by atoms with E-state index in [1.54, 1.807) is 11.8 Å². The summed E-state index contributed by atoms with van der Waals surface area (Å²) >= 11 is 1.72. The van der Waals surface area contributed by atoms with Crippen molar-refractivity contribution in [3.63, 3.8) is 0 Å². The minimum atomic E-state index is -0.297. The molecule has 0 saturated heterocycles. The summed E-state index contributed by atoms with van der Waals surface area (Å²) in [6.07, 6.45) is -0.297. The average Bonchev–Trinajstić information content (AvgIpc) is 2.43. The fourth-order valence-corrected chi connectivity index (χ4v) is 2.91. The summed E-state index contributed by atoms with van der Waals surface area (Å²) in [5, 5.41) is 12.2. The Labute approximate surface area is 119 Å². The van der Waals surface area contributed by atoms with Crippen molar-refractivity contribution in [1.29, 1.82) is 0 Å². The van der Waals surface area contributed by atoms with Gasteiger partial charge in [-0.05, 0) is 29.3 Å². The van der Waals surface area contributed by atoms with Gasteiger partial charge in [-0.1, -0.05) is 43.3 Å². The summed E-state index contributed by atoms with van der Waals surface area (Å²) in [4.78, 5) is 0. The van der Waals surface area contributed by atoms with Crippen LogP contribution in [0.3, 0.4) is 0 Å². The molecule has 0 bridgehead atoms. The molecule has 0 aliphatic heterocycles. The highest BCUT2D eigenvalue weighted by atomic mass is 32.2. The van der Waals surface area contributed by atoms with Crippen LogP contribution in [0.15, 0.2) is 42.5 Å². The van der Waals surface area contributed by atoms with Crippen LogP contribution in [0, 0.1) is 0 Å². The van der Waals surface area contributed by atoms with Crippen molar-refractivity contribution >= 4 is 22.5 Å². The number of fused-ring (bicyclic) bond motifs is 1. The van der Waals surface area contributed by atoms with Crippen LogP contribution in [0.2, 0.25) is 0 Å². The molecule has 0 aliphatic carbocycles. The lowest BCUT2D eigenvalue weighted by atomic mass is 10.0. The molecular formula is C16H21NOS. The highest BCUT2D eigenvalue weighted by Gasteiger charge is 2.13. The van der Waals surface area contributed by atoms with Gasteiger partial charge in [0, 0.05) is 17.0 Å². The maximum absolute atomic E-state index is 9.48. The van der Waals surface area contributed by atoms with E-state index in [1.165, 1.54) is 10.8 Å². The molecule has 0 spiro atoms. The molecule has 2 aromatic rings. The van der Waals surface area contributed by atoms with Crippen molar-refractivity contribution in [1.82, 2.24) is 0 Å². The zero-order chi connectivity index (χ0) is 13.8. The van der Waals surface area contributed by atoms with Gasteiger partial charge in [-0.25, -0.2) is 0 Å². The van der Waals surface area contributed by atoms with Crippen LogP contribution in [0.5, 0.6) is 0 Å². The molecule has 102 valence electrons. The van der Waals surface area contributed by atoms with Gasteiger partial charge >= 0.3 is 0 Å². The summed E-state index contributed by atoms with van der Waals surface area (Å²) in [6, 6.07) is 14.7. The predicted octanol–water partition coefficient (Wildman–Crippen LogP) is 3.34. The van der Waals surface area contributed by atoms with Crippen LogP contribution in [-0.4, -0.2) is 22.2 Å². The van der Waals surface area contributed by atoms with Crippen LogP contribution < -0.4 is 5.73 Å². The summed E-state index contributed by atoms with van der Waals surface area (Å²) < 4.78 is 0. The maximum atomic E-state index is 9.48. The van der Waals surface area contributed by atoms with E-state index in [0.29, 0.717) is 0 Å². The Morgan fingerprint density at radius 3 is 2.47 bits per heavy atom. The average molecular weight is 275 g/mol. The second-order valence-corrected chi connectivity index (χ2v) is 6.40. The molecule has 2 nitrogen and oxygen atoms in total. The fraction of sp³-hybridized carbons (Fsp3) is 0.375. The van der Waals surface area contributed by atoms with Gasteiger partial charge in [-0.15, -0.1) is 0 Å². The molecule has 0 amide bonds. The molecule has 2 rings (SSSR count). The highest BCUT2D eigenvalue weighted by molar-refractivity contribution is 7.99. The fourth-order valence-electron chi connectivity index (χ4n) is 1.93. The molecule has 0 aliphatic rings. The third kappa shape index (κ3) is 3.72. The van der Waals surface area contributed by atoms with Gasteiger partial charge in [0.25, 0.3) is 0 Å². The second kappa shape index (κ2) is 6.42. The third-order valence-corrected chi connectivity index (χ3v) is 4.89. The van der Waals surface area contributed by atoms with E-state index < -0.39 is 0 Å². The first kappa shape index (κ1) is 14.4. The molecule has 3 N–H and O–H groups in total. The van der Waals surface area contributed by atoms with Gasteiger partial charge in [0.15, 0.2) is 0 Å². The summed E-state index contributed by atoms with van der Waals surface area (Å²) in [7, 11) is 0. The van der Waals surface area contributed by atoms with Crippen molar-refractivity contribution in [3.05, 3.63) is 48.0 Å². The van der Waals surface area contributed by atoms with Crippen molar-refractivity contribution in [2.75, 3.05) is 5.75 Å². The van der Waals surface area contributed by atoms with Crippen LogP contribution in [-0.2, 0) is 0 Å². The smallest absolute Gasteiger partial charge is 0.0628 e. The van der Waals surface area contributed by atoms with Crippen molar-refractivity contribution in [2.24, 2.45) is 5.73 Å². The molecule has 0 saturated carbocycles. The van der Waals surface area contributed by atoms with Crippen LogP contribution in [0.1, 0.15) is 25.5 Å². The lowest BCUT2D eigenvalue weighted by Gasteiger charge is -2.18. The Bertz CT molecular complexity index is 541. The van der Waals surface area contributed by atoms with Gasteiger partial charge in [-0.2, -0.15) is 11.8 Å². The molecule has 0 heterocycles. The summed E-state index contributed by atoms with van der Waals surface area (Å²) in [5.41, 5.74) is 7.39. The molecule has 3 atom stereocenters. The van der Waals surface area contributed by atoms with E-state index in [-0.39, 0.29) is 17.4 Å². The van der Waals surface area contributed by atoms with Crippen LogP contribution in [0.25, 0.3) is 10.8 Å². The van der Waals surface area contributed by atoms with Gasteiger partial charge in [-0.3, -0.25) is 0 Å². The number of hydrogen-bond donors (Lipinski definition) is 2. The second-order valence-electron chi connectivity index (χ2n) is 4.99. The zero-order valence-electron chi connectivity index (χ0n) is 11.4. The normalized spacial score (nSPS) is 16.2. The highest BCUT2D eigenvalue weighted by Crippen LogP contribution is 2.24. The van der Waals surface area contributed by atoms with E-state index in [1.807, 2.05) is 26.0 Å². The number of rotatable bonds is 5. The van der Waals surface area contributed by atoms with Gasteiger partial charge in [0.2, 0.25) is 0 Å². The van der Waals surface area contributed by atoms with Crippen molar-refractivity contribution in [2.45, 2.75) is 31.2 Å². The number of aliphatic hydroxyl groups is 1. The van der Waals surface area contributed by atoms with Crippen LogP contribution >= 0.6 is 11.8 Å². The summed E-state index contributed by atoms with van der Waals surface area (Å²) in [6.45, 7) is 3.85. The largest absolute Gasteiger partial charge is 0.392 e. The van der Waals surface area contributed by atoms with E-state index in [9.17, 15) is 5.11 Å². The first-order valence-electron chi connectivity index (χ1n) is 6.62. The van der Waals surface area contributed by atoms with E-state index in [0.717, 1.165) is 11.3 Å². The first-order valence-corrected chi connectivity index (χ1v) is 7.67. The van der Waals surface area contributed by atoms with E-state index in [2.05, 4.69) is 30.3 Å². The maximum Gasteiger partial charge on any atom is 0.0628 e. The number of aliphatic hydroxyl groups excluding tert-OH is 1. The van der Waals surface area contributed by atoms with Gasteiger partial charge in [0.1, 0.15) is 0 Å². The Kier molecular flexibility index (Phi) is 4.86. The molecule has 3 unspecified atom stereocenters. The SMILES string of the molecule is CC(O)C(C)SCC(N)c1ccc2ccccc2c1. The van der Waals surface area contributed by atoms with Crippen molar-refractivity contribution < 1.29 is 5.11 Å². The standard InChI is InChI=1S/C16H21NOS/c1-11(18)12(2)19-10-16(17)15-8-7-13-5-3-4-6-14(13)9-15/h3-9,11-12,16,18H,10,17H2,1-2H3. The third-order valence-electron chi connectivity index (χ3n) is 3.42. The molecule has 0 fully saturated rings. The van der Waals surface area contributed by atoms with Crippen LogP contribution in [0.4, 0.5) is 0 Å². The molecule has 0 radical (unpaired) electrons. The lowest BCUT2D eigenvalue weighted by molar-refractivity contribution is 0.196. The quantitative estimate of drug-likeness (QED) is 0.879. The molecular weight excluding hydrogens is 254 g/mol. The number of hydrogen-bond acceptors (Lipinski definition) is 3. The lowest BCUT2D eigenvalue weighted by Crippen LogP contribution is -2.20. The zero-order valence-corrected chi connectivity index (χ0v) is 12.2. The van der Waals surface area contributed by atoms with E-state index >= 15 is 0 Å². The first-order chi connectivity index (χ1) is 9.08. The number of thioether (sulfide) groups is 1. The minimum Gasteiger partial charge on any atom is -0.392 e. The Balaban J connectivity index is 2.06.